The normalized spacial score (nSPS) is 11.7. The lowest BCUT2D eigenvalue weighted by molar-refractivity contribution is -0.138. The van der Waals surface area contributed by atoms with Crippen LogP contribution in [-0.2, 0) is 12.6 Å². The summed E-state index contributed by atoms with van der Waals surface area (Å²) >= 11 is 5.68. The van der Waals surface area contributed by atoms with Gasteiger partial charge in [-0.05, 0) is 36.2 Å². The van der Waals surface area contributed by atoms with Gasteiger partial charge in [0.05, 0.1) is 22.8 Å². The molecule has 0 unspecified atom stereocenters. The van der Waals surface area contributed by atoms with Crippen molar-refractivity contribution in [3.05, 3.63) is 46.5 Å². The number of alkyl halides is 3. The fraction of sp³-hybridized carbons (Fsp3) is 0.200. The highest BCUT2D eigenvalue weighted by molar-refractivity contribution is 6.28. The minimum absolute atomic E-state index is 0.312. The number of hydrogen-bond acceptors (Lipinski definition) is 4. The third-order valence-corrected chi connectivity index (χ3v) is 3.65. The van der Waals surface area contributed by atoms with E-state index in [2.05, 4.69) is 15.1 Å². The summed E-state index contributed by atoms with van der Waals surface area (Å²) in [7, 11) is 0. The lowest BCUT2D eigenvalue weighted by Crippen LogP contribution is -2.14. The largest absolute Gasteiger partial charge is 0.421 e. The number of halogens is 4. The Balaban J connectivity index is 2.36. The maximum absolute atomic E-state index is 13.3. The van der Waals surface area contributed by atoms with Crippen LogP contribution in [0.1, 0.15) is 23.7 Å². The van der Waals surface area contributed by atoms with Gasteiger partial charge >= 0.3 is 6.18 Å². The molecule has 24 heavy (non-hydrogen) atoms. The van der Waals surface area contributed by atoms with Crippen LogP contribution in [0.4, 0.5) is 13.2 Å². The molecule has 1 aromatic carbocycles. The maximum atomic E-state index is 13.3. The van der Waals surface area contributed by atoms with Crippen molar-refractivity contribution in [2.75, 3.05) is 0 Å². The van der Waals surface area contributed by atoms with Crippen LogP contribution in [0, 0.1) is 11.3 Å². The standard InChI is InChI=1S/C15H9ClF3N5/c1-2-11-9-5-8(6-20)3-4-12(9)24(23-11)13-10(15(17,18)19)7-21-14(16)22-13/h3-5,7H,2H2,1H3. The van der Waals surface area contributed by atoms with Crippen LogP contribution in [0.25, 0.3) is 16.7 Å². The number of hydrogen-bond donors (Lipinski definition) is 0. The van der Waals surface area contributed by atoms with E-state index in [0.29, 0.717) is 34.8 Å². The summed E-state index contributed by atoms with van der Waals surface area (Å²) < 4.78 is 40.9. The molecule has 9 heteroatoms. The molecule has 0 spiro atoms. The Morgan fingerprint density at radius 2 is 2.08 bits per heavy atom. The van der Waals surface area contributed by atoms with Crippen LogP contribution in [0.15, 0.2) is 24.4 Å². The molecule has 0 aliphatic carbocycles. The van der Waals surface area contributed by atoms with E-state index in [0.717, 1.165) is 4.68 Å². The van der Waals surface area contributed by atoms with Crippen LogP contribution in [0.3, 0.4) is 0 Å². The van der Waals surface area contributed by atoms with E-state index in [1.807, 2.05) is 13.0 Å². The maximum Gasteiger partial charge on any atom is 0.421 e. The number of benzene rings is 1. The first-order valence-electron chi connectivity index (χ1n) is 6.87. The molecule has 3 rings (SSSR count). The van der Waals surface area contributed by atoms with Crippen LogP contribution in [0.5, 0.6) is 0 Å². The summed E-state index contributed by atoms with van der Waals surface area (Å²) in [6.45, 7) is 1.82. The van der Waals surface area contributed by atoms with Gasteiger partial charge in [0, 0.05) is 11.6 Å². The minimum Gasteiger partial charge on any atom is -0.226 e. The zero-order valence-electron chi connectivity index (χ0n) is 12.3. The molecule has 0 amide bonds. The van der Waals surface area contributed by atoms with Gasteiger partial charge in [-0.15, -0.1) is 0 Å². The second kappa shape index (κ2) is 5.76. The van der Waals surface area contributed by atoms with Crippen molar-refractivity contribution in [3.63, 3.8) is 0 Å². The monoisotopic (exact) mass is 351 g/mol. The Bertz CT molecular complexity index is 972. The molecule has 0 atom stereocenters. The van der Waals surface area contributed by atoms with Gasteiger partial charge in [-0.2, -0.15) is 28.5 Å². The van der Waals surface area contributed by atoms with Crippen molar-refractivity contribution < 1.29 is 13.2 Å². The van der Waals surface area contributed by atoms with E-state index in [1.54, 1.807) is 6.07 Å². The molecular formula is C15H9ClF3N5. The zero-order chi connectivity index (χ0) is 17.5. The summed E-state index contributed by atoms with van der Waals surface area (Å²) in [5, 5.41) is 13.5. The van der Waals surface area contributed by atoms with Gasteiger partial charge in [0.15, 0.2) is 5.82 Å². The molecule has 2 aromatic heterocycles. The average Bonchev–Trinajstić information content (AvgIpc) is 2.91. The van der Waals surface area contributed by atoms with Crippen LogP contribution >= 0.6 is 11.6 Å². The van der Waals surface area contributed by atoms with Gasteiger partial charge in [0.25, 0.3) is 0 Å². The second-order valence-electron chi connectivity index (χ2n) is 4.93. The van der Waals surface area contributed by atoms with Crippen LogP contribution < -0.4 is 0 Å². The first-order valence-corrected chi connectivity index (χ1v) is 7.24. The molecule has 0 aliphatic heterocycles. The SMILES string of the molecule is CCc1nn(-c2nc(Cl)ncc2C(F)(F)F)c2ccc(C#N)cc12. The van der Waals surface area contributed by atoms with Crippen LogP contribution in [0.2, 0.25) is 5.28 Å². The van der Waals surface area contributed by atoms with Crippen molar-refractivity contribution >= 4 is 22.5 Å². The molecule has 0 aliphatic rings. The van der Waals surface area contributed by atoms with Gasteiger partial charge in [0.1, 0.15) is 5.56 Å². The lowest BCUT2D eigenvalue weighted by atomic mass is 10.1. The number of aryl methyl sites for hydroxylation is 1. The van der Waals surface area contributed by atoms with Gasteiger partial charge in [-0.25, -0.2) is 9.67 Å². The number of nitriles is 1. The van der Waals surface area contributed by atoms with Crippen molar-refractivity contribution in [3.8, 4) is 11.9 Å². The summed E-state index contributed by atoms with van der Waals surface area (Å²) in [4.78, 5) is 7.14. The predicted octanol–water partition coefficient (Wildman–Crippen LogP) is 3.92. The van der Waals surface area contributed by atoms with Crippen molar-refractivity contribution in [1.29, 1.82) is 5.26 Å². The molecule has 0 saturated carbocycles. The molecule has 5 nitrogen and oxygen atoms in total. The van der Waals surface area contributed by atoms with E-state index >= 15 is 0 Å². The predicted molar refractivity (Wildman–Crippen MR) is 80.8 cm³/mol. The number of aromatic nitrogens is 4. The van der Waals surface area contributed by atoms with Gasteiger partial charge in [0.2, 0.25) is 5.28 Å². The van der Waals surface area contributed by atoms with Crippen molar-refractivity contribution in [2.24, 2.45) is 0 Å². The zero-order valence-corrected chi connectivity index (χ0v) is 13.0. The molecule has 0 saturated heterocycles. The topological polar surface area (TPSA) is 67.4 Å². The molecule has 0 N–H and O–H groups in total. The van der Waals surface area contributed by atoms with E-state index in [4.69, 9.17) is 16.9 Å². The molecule has 2 heterocycles. The van der Waals surface area contributed by atoms with E-state index < -0.39 is 17.6 Å². The van der Waals surface area contributed by atoms with Gasteiger partial charge < -0.3 is 0 Å². The molecule has 0 radical (unpaired) electrons. The van der Waals surface area contributed by atoms with Gasteiger partial charge in [-0.1, -0.05) is 6.92 Å². The Kier molecular flexibility index (Phi) is 3.89. The second-order valence-corrected chi connectivity index (χ2v) is 5.27. The lowest BCUT2D eigenvalue weighted by Gasteiger charge is -2.12. The first kappa shape index (κ1) is 16.2. The van der Waals surface area contributed by atoms with Gasteiger partial charge in [-0.3, -0.25) is 0 Å². The summed E-state index contributed by atoms with van der Waals surface area (Å²) in [5.74, 6) is -0.447. The highest BCUT2D eigenvalue weighted by Gasteiger charge is 2.36. The van der Waals surface area contributed by atoms with E-state index in [9.17, 15) is 13.2 Å². The third-order valence-electron chi connectivity index (χ3n) is 3.47. The van der Waals surface area contributed by atoms with Crippen LogP contribution in [-0.4, -0.2) is 19.7 Å². The van der Waals surface area contributed by atoms with Crippen molar-refractivity contribution in [1.82, 2.24) is 19.7 Å². The Labute approximate surface area is 139 Å². The minimum atomic E-state index is -4.66. The molecule has 3 aromatic rings. The summed E-state index contributed by atoms with van der Waals surface area (Å²) in [6, 6.07) is 6.64. The van der Waals surface area contributed by atoms with Crippen molar-refractivity contribution in [2.45, 2.75) is 19.5 Å². The Morgan fingerprint density at radius 1 is 1.33 bits per heavy atom. The fourth-order valence-electron chi connectivity index (χ4n) is 2.39. The summed E-state index contributed by atoms with van der Waals surface area (Å²) in [6.07, 6.45) is -3.54. The van der Waals surface area contributed by atoms with E-state index in [1.165, 1.54) is 12.1 Å². The highest BCUT2D eigenvalue weighted by Crippen LogP contribution is 2.34. The number of fused-ring (bicyclic) bond motifs is 1. The molecule has 122 valence electrons. The smallest absolute Gasteiger partial charge is 0.226 e. The quantitative estimate of drug-likeness (QED) is 0.656. The first-order chi connectivity index (χ1) is 11.3. The van der Waals surface area contributed by atoms with E-state index in [-0.39, 0.29) is 5.28 Å². The Morgan fingerprint density at radius 3 is 2.71 bits per heavy atom. The number of nitrogens with zero attached hydrogens (tertiary/aromatic N) is 5. The average molecular weight is 352 g/mol. The third kappa shape index (κ3) is 2.67. The number of rotatable bonds is 2. The fourth-order valence-corrected chi connectivity index (χ4v) is 2.51. The molecular weight excluding hydrogens is 343 g/mol. The summed E-state index contributed by atoms with van der Waals surface area (Å²) in [5.41, 5.74) is 0.327. The molecule has 0 bridgehead atoms. The Hall–Kier alpha value is -2.66. The molecule has 0 fully saturated rings. The highest BCUT2D eigenvalue weighted by atomic mass is 35.5.